The number of carbonyl (C=O) groups excluding carboxylic acids is 2. The molecule has 176 valence electrons. The Kier molecular flexibility index (Phi) is 9.77. The third-order valence-electron chi connectivity index (χ3n) is 4.99. The van der Waals surface area contributed by atoms with Crippen LogP contribution in [0.25, 0.3) is 0 Å². The number of aryl methyl sites for hydroxylation is 2. The number of amides is 2. The Morgan fingerprint density at radius 1 is 1.15 bits per heavy atom. The SMILES string of the molecule is Cc1cc(C)cc(CSCC(=O)N/N=C\c2ccc(OCC(=O)NC[C@H]3CCCO3)cc2)c1. The van der Waals surface area contributed by atoms with E-state index in [4.69, 9.17) is 9.47 Å². The number of hydrazone groups is 1. The molecular formula is C25H31N3O4S. The molecule has 2 amide bonds. The van der Waals surface area contributed by atoms with Crippen molar-refractivity contribution in [3.05, 3.63) is 64.7 Å². The van der Waals surface area contributed by atoms with Crippen molar-refractivity contribution in [3.63, 3.8) is 0 Å². The van der Waals surface area contributed by atoms with E-state index in [0.29, 0.717) is 18.0 Å². The van der Waals surface area contributed by atoms with Crippen molar-refractivity contribution >= 4 is 29.8 Å². The van der Waals surface area contributed by atoms with Crippen molar-refractivity contribution in [1.82, 2.24) is 10.7 Å². The van der Waals surface area contributed by atoms with E-state index in [1.54, 1.807) is 30.1 Å². The number of hydrogen-bond donors (Lipinski definition) is 2. The first-order chi connectivity index (χ1) is 16.0. The van der Waals surface area contributed by atoms with Crippen LogP contribution in [0.3, 0.4) is 0 Å². The van der Waals surface area contributed by atoms with Gasteiger partial charge in [0, 0.05) is 18.9 Å². The number of benzene rings is 2. The van der Waals surface area contributed by atoms with Crippen LogP contribution in [0.5, 0.6) is 5.75 Å². The summed E-state index contributed by atoms with van der Waals surface area (Å²) >= 11 is 1.56. The molecule has 3 rings (SSSR count). The maximum Gasteiger partial charge on any atom is 0.258 e. The summed E-state index contributed by atoms with van der Waals surface area (Å²) in [5, 5.41) is 6.83. The van der Waals surface area contributed by atoms with Gasteiger partial charge in [0.1, 0.15) is 5.75 Å². The molecule has 1 saturated heterocycles. The molecule has 2 N–H and O–H groups in total. The number of thioether (sulfide) groups is 1. The van der Waals surface area contributed by atoms with Crippen LogP contribution in [0.4, 0.5) is 0 Å². The van der Waals surface area contributed by atoms with Gasteiger partial charge in [0.2, 0.25) is 5.91 Å². The van der Waals surface area contributed by atoms with Gasteiger partial charge in [0.05, 0.1) is 18.1 Å². The monoisotopic (exact) mass is 469 g/mol. The lowest BCUT2D eigenvalue weighted by Gasteiger charge is -2.11. The molecule has 0 aromatic heterocycles. The normalized spacial score (nSPS) is 15.5. The summed E-state index contributed by atoms with van der Waals surface area (Å²) < 4.78 is 11.0. The fourth-order valence-electron chi connectivity index (χ4n) is 3.51. The van der Waals surface area contributed by atoms with Crippen LogP contribution >= 0.6 is 11.8 Å². The molecule has 33 heavy (non-hydrogen) atoms. The van der Waals surface area contributed by atoms with Crippen LogP contribution < -0.4 is 15.5 Å². The summed E-state index contributed by atoms with van der Waals surface area (Å²) in [7, 11) is 0. The number of rotatable bonds is 11. The molecule has 8 heteroatoms. The van der Waals surface area contributed by atoms with Crippen LogP contribution in [-0.2, 0) is 20.1 Å². The van der Waals surface area contributed by atoms with E-state index in [1.807, 2.05) is 12.1 Å². The van der Waals surface area contributed by atoms with E-state index in [0.717, 1.165) is 30.8 Å². The van der Waals surface area contributed by atoms with E-state index in [-0.39, 0.29) is 24.5 Å². The summed E-state index contributed by atoms with van der Waals surface area (Å²) in [5.41, 5.74) is 7.04. The average Bonchev–Trinajstić information content (AvgIpc) is 3.30. The van der Waals surface area contributed by atoms with Gasteiger partial charge in [-0.1, -0.05) is 29.3 Å². The van der Waals surface area contributed by atoms with E-state index in [2.05, 4.69) is 47.9 Å². The molecule has 0 aliphatic carbocycles. The Bertz CT molecular complexity index is 936. The highest BCUT2D eigenvalue weighted by Gasteiger charge is 2.16. The molecule has 1 aliphatic heterocycles. The number of hydrogen-bond acceptors (Lipinski definition) is 6. The Morgan fingerprint density at radius 2 is 1.91 bits per heavy atom. The largest absolute Gasteiger partial charge is 0.484 e. The van der Waals surface area contributed by atoms with Crippen LogP contribution in [0, 0.1) is 13.8 Å². The standard InChI is InChI=1S/C25H31N3O4S/c1-18-10-19(2)12-21(11-18)16-33-17-25(30)28-27-13-20-5-7-22(8-6-20)32-15-24(29)26-14-23-4-3-9-31-23/h5-8,10-13,23H,3-4,9,14-17H2,1-2H3,(H,26,29)(H,28,30)/b27-13-/t23-/m1/s1. The first-order valence-electron chi connectivity index (χ1n) is 11.1. The predicted molar refractivity (Wildman–Crippen MR) is 132 cm³/mol. The summed E-state index contributed by atoms with van der Waals surface area (Å²) in [6.45, 7) is 5.39. The maximum absolute atomic E-state index is 12.0. The number of carbonyl (C=O) groups is 2. The van der Waals surface area contributed by atoms with Crippen LogP contribution in [0.2, 0.25) is 0 Å². The quantitative estimate of drug-likeness (QED) is 0.389. The molecule has 0 saturated carbocycles. The lowest BCUT2D eigenvalue weighted by atomic mass is 10.1. The molecule has 1 fully saturated rings. The minimum atomic E-state index is -0.172. The number of nitrogens with zero attached hydrogens (tertiary/aromatic N) is 1. The summed E-state index contributed by atoms with van der Waals surface area (Å²) in [4.78, 5) is 23.9. The third-order valence-corrected chi connectivity index (χ3v) is 5.99. The Balaban J connectivity index is 1.31. The second kappa shape index (κ2) is 13.0. The van der Waals surface area contributed by atoms with Crippen molar-refractivity contribution in [2.75, 3.05) is 25.5 Å². The van der Waals surface area contributed by atoms with Gasteiger partial charge in [0.15, 0.2) is 6.61 Å². The first kappa shape index (κ1) is 24.8. The van der Waals surface area contributed by atoms with Gasteiger partial charge in [-0.15, -0.1) is 11.8 Å². The van der Waals surface area contributed by atoms with Gasteiger partial charge >= 0.3 is 0 Å². The Hall–Kier alpha value is -2.84. The highest BCUT2D eigenvalue weighted by Crippen LogP contribution is 2.16. The highest BCUT2D eigenvalue weighted by atomic mass is 32.2. The predicted octanol–water partition coefficient (Wildman–Crippen LogP) is 3.36. The van der Waals surface area contributed by atoms with Crippen LogP contribution in [-0.4, -0.2) is 49.6 Å². The van der Waals surface area contributed by atoms with Gasteiger partial charge in [0.25, 0.3) is 5.91 Å². The maximum atomic E-state index is 12.0. The molecule has 0 spiro atoms. The van der Waals surface area contributed by atoms with Crippen molar-refractivity contribution < 1.29 is 19.1 Å². The molecule has 0 bridgehead atoms. The van der Waals surface area contributed by atoms with E-state index < -0.39 is 0 Å². The highest BCUT2D eigenvalue weighted by molar-refractivity contribution is 7.99. The van der Waals surface area contributed by atoms with Crippen molar-refractivity contribution in [2.24, 2.45) is 5.10 Å². The summed E-state index contributed by atoms with van der Waals surface area (Å²) in [6.07, 6.45) is 3.72. The smallest absolute Gasteiger partial charge is 0.258 e. The second-order valence-electron chi connectivity index (χ2n) is 8.08. The van der Waals surface area contributed by atoms with Gasteiger partial charge in [-0.05, 0) is 62.1 Å². The topological polar surface area (TPSA) is 89.0 Å². The fraction of sp³-hybridized carbons (Fsp3) is 0.400. The minimum Gasteiger partial charge on any atom is -0.484 e. The van der Waals surface area contributed by atoms with E-state index >= 15 is 0 Å². The molecule has 2 aromatic rings. The molecule has 0 unspecified atom stereocenters. The molecule has 1 atom stereocenters. The van der Waals surface area contributed by atoms with Crippen molar-refractivity contribution in [2.45, 2.75) is 38.5 Å². The zero-order chi connectivity index (χ0) is 23.5. The lowest BCUT2D eigenvalue weighted by Crippen LogP contribution is -2.35. The van der Waals surface area contributed by atoms with Crippen molar-refractivity contribution in [3.8, 4) is 5.75 Å². The van der Waals surface area contributed by atoms with E-state index in [1.165, 1.54) is 16.7 Å². The molecular weight excluding hydrogens is 438 g/mol. The van der Waals surface area contributed by atoms with Gasteiger partial charge in [-0.3, -0.25) is 9.59 Å². The first-order valence-corrected chi connectivity index (χ1v) is 12.2. The zero-order valence-electron chi connectivity index (χ0n) is 19.1. The van der Waals surface area contributed by atoms with Crippen LogP contribution in [0.1, 0.15) is 35.1 Å². The fourth-order valence-corrected chi connectivity index (χ4v) is 4.26. The molecule has 1 aliphatic rings. The number of ether oxygens (including phenoxy) is 2. The van der Waals surface area contributed by atoms with E-state index in [9.17, 15) is 9.59 Å². The zero-order valence-corrected chi connectivity index (χ0v) is 20.0. The summed E-state index contributed by atoms with van der Waals surface area (Å²) in [6, 6.07) is 13.6. The molecule has 2 aromatic carbocycles. The third kappa shape index (κ3) is 9.27. The molecule has 7 nitrogen and oxygen atoms in total. The Labute approximate surface area is 199 Å². The lowest BCUT2D eigenvalue weighted by molar-refractivity contribution is -0.123. The minimum absolute atomic E-state index is 0.0456. The van der Waals surface area contributed by atoms with Crippen molar-refractivity contribution in [1.29, 1.82) is 0 Å². The summed E-state index contributed by atoms with van der Waals surface area (Å²) in [5.74, 6) is 1.40. The van der Waals surface area contributed by atoms with Crippen LogP contribution in [0.15, 0.2) is 47.6 Å². The van der Waals surface area contributed by atoms with Gasteiger partial charge < -0.3 is 14.8 Å². The number of nitrogens with one attached hydrogen (secondary N) is 2. The molecule has 0 radical (unpaired) electrons. The Morgan fingerprint density at radius 3 is 2.61 bits per heavy atom. The van der Waals surface area contributed by atoms with Gasteiger partial charge in [-0.25, -0.2) is 5.43 Å². The van der Waals surface area contributed by atoms with Gasteiger partial charge in [-0.2, -0.15) is 5.10 Å². The average molecular weight is 470 g/mol. The molecule has 1 heterocycles. The second-order valence-corrected chi connectivity index (χ2v) is 9.06.